The molecule has 1 heterocycles. The monoisotopic (exact) mass is 380 g/mol. The standard InChI is InChI=1S/C21H21FN4O2/c1-2-20(27)24-19-14-18(25-26(19)17-9-4-3-5-10-17)21(28)23-12-11-15-7-6-8-16(22)13-15/h3-10,13-14H,2,11-12H2,1H3,(H,23,28)(H,24,27). The average Bonchev–Trinajstić information content (AvgIpc) is 3.12. The van der Waals surface area contributed by atoms with E-state index in [1.54, 1.807) is 19.1 Å². The Bertz CT molecular complexity index is 970. The number of para-hydroxylation sites is 1. The molecule has 0 fully saturated rings. The fraction of sp³-hybridized carbons (Fsp3) is 0.190. The summed E-state index contributed by atoms with van der Waals surface area (Å²) in [4.78, 5) is 24.3. The highest BCUT2D eigenvalue weighted by Crippen LogP contribution is 2.17. The minimum atomic E-state index is -0.363. The Morgan fingerprint density at radius 2 is 1.86 bits per heavy atom. The van der Waals surface area contributed by atoms with Crippen molar-refractivity contribution in [1.29, 1.82) is 0 Å². The van der Waals surface area contributed by atoms with Crippen molar-refractivity contribution in [2.24, 2.45) is 0 Å². The third-order valence-electron chi connectivity index (χ3n) is 4.12. The number of amides is 2. The van der Waals surface area contributed by atoms with Gasteiger partial charge in [0.05, 0.1) is 5.69 Å². The Morgan fingerprint density at radius 1 is 1.07 bits per heavy atom. The first-order valence-corrected chi connectivity index (χ1v) is 9.05. The molecule has 144 valence electrons. The van der Waals surface area contributed by atoms with Gasteiger partial charge in [-0.2, -0.15) is 5.10 Å². The van der Waals surface area contributed by atoms with Crippen LogP contribution in [0.2, 0.25) is 0 Å². The highest BCUT2D eigenvalue weighted by Gasteiger charge is 2.16. The van der Waals surface area contributed by atoms with Gasteiger partial charge in [-0.05, 0) is 36.2 Å². The van der Waals surface area contributed by atoms with E-state index < -0.39 is 0 Å². The predicted molar refractivity (Wildman–Crippen MR) is 105 cm³/mol. The summed E-state index contributed by atoms with van der Waals surface area (Å²) in [5.41, 5.74) is 1.72. The topological polar surface area (TPSA) is 76.0 Å². The zero-order valence-electron chi connectivity index (χ0n) is 15.5. The number of benzene rings is 2. The van der Waals surface area contributed by atoms with E-state index in [0.717, 1.165) is 11.3 Å². The van der Waals surface area contributed by atoms with Gasteiger partial charge in [-0.3, -0.25) is 9.59 Å². The first kappa shape index (κ1) is 19.3. The van der Waals surface area contributed by atoms with Crippen LogP contribution in [0.15, 0.2) is 60.7 Å². The van der Waals surface area contributed by atoms with Gasteiger partial charge in [0.1, 0.15) is 11.6 Å². The fourth-order valence-electron chi connectivity index (χ4n) is 2.68. The van der Waals surface area contributed by atoms with Crippen molar-refractivity contribution in [3.05, 3.63) is 77.7 Å². The number of carbonyl (C=O) groups excluding carboxylic acids is 2. The van der Waals surface area contributed by atoms with E-state index in [-0.39, 0.29) is 23.3 Å². The molecule has 0 unspecified atom stereocenters. The van der Waals surface area contributed by atoms with Crippen molar-refractivity contribution in [3.63, 3.8) is 0 Å². The molecule has 0 bridgehead atoms. The molecule has 0 aliphatic carbocycles. The van der Waals surface area contributed by atoms with Gasteiger partial charge in [0.25, 0.3) is 5.91 Å². The van der Waals surface area contributed by atoms with Crippen LogP contribution in [0.3, 0.4) is 0 Å². The second kappa shape index (κ2) is 8.94. The summed E-state index contributed by atoms with van der Waals surface area (Å²) in [6, 6.07) is 17.0. The van der Waals surface area contributed by atoms with E-state index in [2.05, 4.69) is 15.7 Å². The van der Waals surface area contributed by atoms with Crippen molar-refractivity contribution in [2.75, 3.05) is 11.9 Å². The van der Waals surface area contributed by atoms with Gasteiger partial charge in [-0.25, -0.2) is 9.07 Å². The molecular weight excluding hydrogens is 359 g/mol. The largest absolute Gasteiger partial charge is 0.350 e. The summed E-state index contributed by atoms with van der Waals surface area (Å²) in [6.45, 7) is 2.09. The molecule has 2 aromatic carbocycles. The smallest absolute Gasteiger partial charge is 0.271 e. The van der Waals surface area contributed by atoms with E-state index in [0.29, 0.717) is 25.2 Å². The molecule has 0 saturated heterocycles. The first-order valence-electron chi connectivity index (χ1n) is 9.05. The van der Waals surface area contributed by atoms with Crippen LogP contribution in [0.5, 0.6) is 0 Å². The Balaban J connectivity index is 1.73. The number of nitrogens with zero attached hydrogens (tertiary/aromatic N) is 2. The molecule has 0 saturated carbocycles. The number of hydrogen-bond donors (Lipinski definition) is 2. The summed E-state index contributed by atoms with van der Waals surface area (Å²) >= 11 is 0. The first-order chi connectivity index (χ1) is 13.6. The van der Waals surface area contributed by atoms with E-state index in [1.807, 2.05) is 30.3 Å². The summed E-state index contributed by atoms with van der Waals surface area (Å²) in [6.07, 6.45) is 0.817. The van der Waals surface area contributed by atoms with E-state index in [4.69, 9.17) is 0 Å². The molecule has 3 aromatic rings. The van der Waals surface area contributed by atoms with Crippen LogP contribution < -0.4 is 10.6 Å². The lowest BCUT2D eigenvalue weighted by molar-refractivity contribution is -0.115. The third kappa shape index (κ3) is 4.82. The number of halogens is 1. The molecule has 0 spiro atoms. The maximum Gasteiger partial charge on any atom is 0.271 e. The summed E-state index contributed by atoms with van der Waals surface area (Å²) in [7, 11) is 0. The predicted octanol–water partition coefficient (Wildman–Crippen LogP) is 3.33. The molecule has 0 aliphatic rings. The van der Waals surface area contributed by atoms with Crippen molar-refractivity contribution in [1.82, 2.24) is 15.1 Å². The highest BCUT2D eigenvalue weighted by molar-refractivity contribution is 5.95. The molecular formula is C21H21FN4O2. The van der Waals surface area contributed by atoms with Gasteiger partial charge < -0.3 is 10.6 Å². The lowest BCUT2D eigenvalue weighted by atomic mass is 10.1. The summed E-state index contributed by atoms with van der Waals surface area (Å²) < 4.78 is 14.7. The number of aromatic nitrogens is 2. The number of rotatable bonds is 7. The van der Waals surface area contributed by atoms with Gasteiger partial charge >= 0.3 is 0 Å². The maximum absolute atomic E-state index is 13.2. The van der Waals surface area contributed by atoms with Gasteiger partial charge in [-0.1, -0.05) is 37.3 Å². The van der Waals surface area contributed by atoms with E-state index in [9.17, 15) is 14.0 Å². The molecule has 6 nitrogen and oxygen atoms in total. The second-order valence-corrected chi connectivity index (χ2v) is 6.20. The van der Waals surface area contributed by atoms with Crippen LogP contribution in [0, 0.1) is 5.82 Å². The van der Waals surface area contributed by atoms with Crippen molar-refractivity contribution < 1.29 is 14.0 Å². The van der Waals surface area contributed by atoms with Crippen LogP contribution in [-0.4, -0.2) is 28.1 Å². The van der Waals surface area contributed by atoms with E-state index in [1.165, 1.54) is 22.9 Å². The number of nitrogens with one attached hydrogen (secondary N) is 2. The van der Waals surface area contributed by atoms with Crippen LogP contribution in [0.1, 0.15) is 29.4 Å². The molecule has 0 atom stereocenters. The number of carbonyl (C=O) groups is 2. The Hall–Kier alpha value is -3.48. The summed E-state index contributed by atoms with van der Waals surface area (Å²) in [5.74, 6) is -0.414. The van der Waals surface area contributed by atoms with Crippen molar-refractivity contribution in [3.8, 4) is 5.69 Å². The van der Waals surface area contributed by atoms with Gasteiger partial charge in [0.15, 0.2) is 5.69 Å². The van der Waals surface area contributed by atoms with Crippen LogP contribution in [-0.2, 0) is 11.2 Å². The normalized spacial score (nSPS) is 10.5. The number of anilines is 1. The zero-order chi connectivity index (χ0) is 19.9. The molecule has 3 rings (SSSR count). The van der Waals surface area contributed by atoms with Crippen LogP contribution in [0.4, 0.5) is 10.2 Å². The van der Waals surface area contributed by atoms with Gasteiger partial charge in [0.2, 0.25) is 5.91 Å². The van der Waals surface area contributed by atoms with Gasteiger partial charge in [0, 0.05) is 19.0 Å². The molecule has 0 radical (unpaired) electrons. The molecule has 28 heavy (non-hydrogen) atoms. The minimum Gasteiger partial charge on any atom is -0.350 e. The Labute approximate surface area is 162 Å². The Morgan fingerprint density at radius 3 is 2.57 bits per heavy atom. The Kier molecular flexibility index (Phi) is 6.16. The average molecular weight is 380 g/mol. The zero-order valence-corrected chi connectivity index (χ0v) is 15.5. The van der Waals surface area contributed by atoms with Crippen LogP contribution >= 0.6 is 0 Å². The molecule has 2 amide bonds. The molecule has 0 aliphatic heterocycles. The minimum absolute atomic E-state index is 0.171. The summed E-state index contributed by atoms with van der Waals surface area (Å²) in [5, 5.41) is 9.88. The van der Waals surface area contributed by atoms with Crippen LogP contribution in [0.25, 0.3) is 5.69 Å². The van der Waals surface area contributed by atoms with E-state index >= 15 is 0 Å². The molecule has 2 N–H and O–H groups in total. The molecule has 1 aromatic heterocycles. The second-order valence-electron chi connectivity index (χ2n) is 6.20. The lowest BCUT2D eigenvalue weighted by Gasteiger charge is -2.07. The molecule has 7 heteroatoms. The van der Waals surface area contributed by atoms with Crippen molar-refractivity contribution >= 4 is 17.6 Å². The fourth-order valence-corrected chi connectivity index (χ4v) is 2.68. The maximum atomic E-state index is 13.2. The SMILES string of the molecule is CCC(=O)Nc1cc(C(=O)NCCc2cccc(F)c2)nn1-c1ccccc1. The quantitative estimate of drug-likeness (QED) is 0.660. The number of hydrogen-bond acceptors (Lipinski definition) is 3. The third-order valence-corrected chi connectivity index (χ3v) is 4.12. The van der Waals surface area contributed by atoms with Crippen molar-refractivity contribution in [2.45, 2.75) is 19.8 Å². The van der Waals surface area contributed by atoms with Gasteiger partial charge in [-0.15, -0.1) is 0 Å². The highest BCUT2D eigenvalue weighted by atomic mass is 19.1. The lowest BCUT2D eigenvalue weighted by Crippen LogP contribution is -2.26.